The highest BCUT2D eigenvalue weighted by molar-refractivity contribution is 5.42. The van der Waals surface area contributed by atoms with E-state index >= 15 is 0 Å². The molecule has 1 N–H and O–H groups in total. The van der Waals surface area contributed by atoms with Gasteiger partial charge in [-0.3, -0.25) is 0 Å². The molecule has 1 aliphatic heterocycles. The number of rotatable bonds is 3. The third-order valence-corrected chi connectivity index (χ3v) is 2.01. The average molecular weight is 197 g/mol. The fraction of sp³-hybridized carbons (Fsp3) is 0.400. The van der Waals surface area contributed by atoms with E-state index in [0.717, 1.165) is 5.69 Å². The third kappa shape index (κ3) is 2.43. The molecule has 0 amide bonds. The van der Waals surface area contributed by atoms with Crippen LogP contribution in [0.3, 0.4) is 0 Å². The summed E-state index contributed by atoms with van der Waals surface area (Å²) in [5, 5.41) is 3.10. The maximum Gasteiger partial charge on any atom is 0.174 e. The van der Waals surface area contributed by atoms with Crippen molar-refractivity contribution < 1.29 is 13.9 Å². The highest BCUT2D eigenvalue weighted by atomic mass is 19.1. The number of benzene rings is 1. The van der Waals surface area contributed by atoms with Crippen molar-refractivity contribution in [2.45, 2.75) is 6.29 Å². The van der Waals surface area contributed by atoms with Gasteiger partial charge in [0.2, 0.25) is 0 Å². The first-order valence-electron chi connectivity index (χ1n) is 4.57. The molecule has 0 spiro atoms. The summed E-state index contributed by atoms with van der Waals surface area (Å²) in [6, 6.07) is 6.20. The Hall–Kier alpha value is -1.13. The first-order valence-corrected chi connectivity index (χ1v) is 4.57. The zero-order chi connectivity index (χ0) is 9.80. The van der Waals surface area contributed by atoms with Gasteiger partial charge in [0.1, 0.15) is 5.82 Å². The van der Waals surface area contributed by atoms with Crippen LogP contribution in [0.2, 0.25) is 0 Å². The summed E-state index contributed by atoms with van der Waals surface area (Å²) in [4.78, 5) is 0. The van der Waals surface area contributed by atoms with Crippen LogP contribution in [0, 0.1) is 5.82 Å². The van der Waals surface area contributed by atoms with Crippen molar-refractivity contribution in [3.63, 3.8) is 0 Å². The second kappa shape index (κ2) is 4.39. The maximum absolute atomic E-state index is 12.6. The monoisotopic (exact) mass is 197 g/mol. The number of hydrogen-bond donors (Lipinski definition) is 1. The molecule has 1 saturated heterocycles. The molecule has 1 aromatic rings. The molecule has 3 nitrogen and oxygen atoms in total. The molecular formula is C10H12FNO2. The lowest BCUT2D eigenvalue weighted by molar-refractivity contribution is -0.0299. The minimum Gasteiger partial charge on any atom is -0.380 e. The zero-order valence-electron chi connectivity index (χ0n) is 7.70. The quantitative estimate of drug-likeness (QED) is 0.798. The Kier molecular flexibility index (Phi) is 2.96. The molecule has 0 atom stereocenters. The highest BCUT2D eigenvalue weighted by Gasteiger charge is 2.14. The molecule has 1 aromatic carbocycles. The van der Waals surface area contributed by atoms with Crippen molar-refractivity contribution in [3.8, 4) is 0 Å². The van der Waals surface area contributed by atoms with Gasteiger partial charge in [0.15, 0.2) is 6.29 Å². The molecule has 76 valence electrons. The molecule has 0 aliphatic carbocycles. The SMILES string of the molecule is Fc1ccc(NCC2OCCO2)cc1. The Balaban J connectivity index is 1.82. The molecule has 0 saturated carbocycles. The normalized spacial score (nSPS) is 17.2. The van der Waals surface area contributed by atoms with E-state index in [-0.39, 0.29) is 12.1 Å². The zero-order valence-corrected chi connectivity index (χ0v) is 7.70. The van der Waals surface area contributed by atoms with E-state index in [0.29, 0.717) is 19.8 Å². The molecule has 14 heavy (non-hydrogen) atoms. The van der Waals surface area contributed by atoms with Gasteiger partial charge in [-0.2, -0.15) is 0 Å². The Morgan fingerprint density at radius 1 is 1.21 bits per heavy atom. The first kappa shape index (κ1) is 9.43. The van der Waals surface area contributed by atoms with Crippen LogP contribution in [0.1, 0.15) is 0 Å². The van der Waals surface area contributed by atoms with Crippen LogP contribution in [0.5, 0.6) is 0 Å². The third-order valence-electron chi connectivity index (χ3n) is 2.01. The molecule has 1 heterocycles. The highest BCUT2D eigenvalue weighted by Crippen LogP contribution is 2.10. The van der Waals surface area contributed by atoms with Gasteiger partial charge in [-0.15, -0.1) is 0 Å². The van der Waals surface area contributed by atoms with Crippen LogP contribution >= 0.6 is 0 Å². The minimum atomic E-state index is -0.232. The van der Waals surface area contributed by atoms with E-state index < -0.39 is 0 Å². The second-order valence-corrected chi connectivity index (χ2v) is 3.06. The summed E-state index contributed by atoms with van der Waals surface area (Å²) in [5.74, 6) is -0.232. The number of ether oxygens (including phenoxy) is 2. The van der Waals surface area contributed by atoms with Crippen molar-refractivity contribution in [2.24, 2.45) is 0 Å². The molecular weight excluding hydrogens is 185 g/mol. The maximum atomic E-state index is 12.6. The van der Waals surface area contributed by atoms with Gasteiger partial charge >= 0.3 is 0 Å². The van der Waals surface area contributed by atoms with Crippen LogP contribution in [-0.2, 0) is 9.47 Å². The van der Waals surface area contributed by atoms with E-state index in [1.807, 2.05) is 0 Å². The Morgan fingerprint density at radius 2 is 1.86 bits per heavy atom. The number of halogens is 1. The summed E-state index contributed by atoms with van der Waals surface area (Å²) in [5.41, 5.74) is 0.866. The molecule has 0 radical (unpaired) electrons. The predicted octanol–water partition coefficient (Wildman–Crippen LogP) is 1.61. The number of nitrogens with one attached hydrogen (secondary N) is 1. The van der Waals surface area contributed by atoms with Gasteiger partial charge < -0.3 is 14.8 Å². The summed E-state index contributed by atoms with van der Waals surface area (Å²) in [6.45, 7) is 1.89. The molecule has 4 heteroatoms. The van der Waals surface area contributed by atoms with Crippen LogP contribution < -0.4 is 5.32 Å². The minimum absolute atomic E-state index is 0.181. The fourth-order valence-corrected chi connectivity index (χ4v) is 1.29. The van der Waals surface area contributed by atoms with Gasteiger partial charge in [-0.1, -0.05) is 0 Å². The van der Waals surface area contributed by atoms with Crippen LogP contribution in [0.4, 0.5) is 10.1 Å². The Morgan fingerprint density at radius 3 is 2.50 bits per heavy atom. The lowest BCUT2D eigenvalue weighted by atomic mass is 10.3. The van der Waals surface area contributed by atoms with Crippen molar-refractivity contribution in [1.82, 2.24) is 0 Å². The largest absolute Gasteiger partial charge is 0.380 e. The standard InChI is InChI=1S/C10H12FNO2/c11-8-1-3-9(4-2-8)12-7-10-13-5-6-14-10/h1-4,10,12H,5-7H2. The van der Waals surface area contributed by atoms with Gasteiger partial charge in [0, 0.05) is 5.69 Å². The summed E-state index contributed by atoms with van der Waals surface area (Å²) in [6.07, 6.45) is -0.181. The van der Waals surface area contributed by atoms with Crippen molar-refractivity contribution in [3.05, 3.63) is 30.1 Å². The summed E-state index contributed by atoms with van der Waals surface area (Å²) >= 11 is 0. The van der Waals surface area contributed by atoms with Crippen molar-refractivity contribution in [1.29, 1.82) is 0 Å². The predicted molar refractivity (Wildman–Crippen MR) is 50.6 cm³/mol. The van der Waals surface area contributed by atoms with Crippen LogP contribution in [-0.4, -0.2) is 26.0 Å². The smallest absolute Gasteiger partial charge is 0.174 e. The molecule has 0 aromatic heterocycles. The van der Waals surface area contributed by atoms with Crippen molar-refractivity contribution in [2.75, 3.05) is 25.1 Å². The van der Waals surface area contributed by atoms with Crippen molar-refractivity contribution >= 4 is 5.69 Å². The Labute approximate surface area is 81.8 Å². The van der Waals surface area contributed by atoms with Gasteiger partial charge in [-0.05, 0) is 24.3 Å². The summed E-state index contributed by atoms with van der Waals surface area (Å²) < 4.78 is 23.0. The molecule has 0 bridgehead atoms. The van der Waals surface area contributed by atoms with Gasteiger partial charge in [-0.25, -0.2) is 4.39 Å². The van der Waals surface area contributed by atoms with E-state index in [2.05, 4.69) is 5.32 Å². The molecule has 2 rings (SSSR count). The number of anilines is 1. The molecule has 1 fully saturated rings. The van der Waals surface area contributed by atoms with Crippen LogP contribution in [0.25, 0.3) is 0 Å². The van der Waals surface area contributed by atoms with E-state index in [1.165, 1.54) is 12.1 Å². The topological polar surface area (TPSA) is 30.5 Å². The van der Waals surface area contributed by atoms with Gasteiger partial charge in [0.05, 0.1) is 19.8 Å². The van der Waals surface area contributed by atoms with E-state index in [9.17, 15) is 4.39 Å². The lowest BCUT2D eigenvalue weighted by Crippen LogP contribution is -2.20. The molecule has 0 unspecified atom stereocenters. The summed E-state index contributed by atoms with van der Waals surface area (Å²) in [7, 11) is 0. The first-order chi connectivity index (χ1) is 6.84. The lowest BCUT2D eigenvalue weighted by Gasteiger charge is -2.11. The van der Waals surface area contributed by atoms with Crippen LogP contribution in [0.15, 0.2) is 24.3 Å². The van der Waals surface area contributed by atoms with E-state index in [4.69, 9.17) is 9.47 Å². The second-order valence-electron chi connectivity index (χ2n) is 3.06. The molecule has 1 aliphatic rings. The fourth-order valence-electron chi connectivity index (χ4n) is 1.29. The average Bonchev–Trinajstić information content (AvgIpc) is 2.70. The van der Waals surface area contributed by atoms with Gasteiger partial charge in [0.25, 0.3) is 0 Å². The Bertz CT molecular complexity index is 283. The van der Waals surface area contributed by atoms with E-state index in [1.54, 1.807) is 12.1 Å². The number of hydrogen-bond acceptors (Lipinski definition) is 3.